The summed E-state index contributed by atoms with van der Waals surface area (Å²) in [6.07, 6.45) is 5.08. The molecule has 4 aliphatic carbocycles. The number of benzene rings is 1. The smallest absolute Gasteiger partial charge is 0.349 e. The van der Waals surface area contributed by atoms with Crippen molar-refractivity contribution >= 4 is 18.3 Å². The summed E-state index contributed by atoms with van der Waals surface area (Å²) in [7, 11) is 0. The molecule has 1 aromatic heterocycles. The van der Waals surface area contributed by atoms with Crippen molar-refractivity contribution in [3.63, 3.8) is 0 Å². The van der Waals surface area contributed by atoms with Crippen LogP contribution in [0.3, 0.4) is 0 Å². The van der Waals surface area contributed by atoms with Crippen LogP contribution in [0.1, 0.15) is 94.5 Å². The molecule has 0 radical (unpaired) electrons. The zero-order chi connectivity index (χ0) is 26.2. The standard InChI is InChI=1S/C29H37F3N4O.ClH/c1-27(2,3)36-8-7-23(35-36)22-13-24(33-25(22)20-5-4-6-21(12-20)29(30,31)32)26(37)34-28-14-17-9-18(15-28)11-19(10-17)16-28;/h4-8,12,17-19,22,24-25,33H,9-11,13-16H2,1-3H3,(H,34,37);1H/t17?,18?,19?,22?,24-,25-,28?;/m0./s1. The lowest BCUT2D eigenvalue weighted by Crippen LogP contribution is -2.62. The highest BCUT2D eigenvalue weighted by molar-refractivity contribution is 5.85. The van der Waals surface area contributed by atoms with Crippen LogP contribution >= 0.6 is 12.4 Å². The zero-order valence-electron chi connectivity index (χ0n) is 22.2. The maximum Gasteiger partial charge on any atom is 0.416 e. The fraction of sp³-hybridized carbons (Fsp3) is 0.655. The van der Waals surface area contributed by atoms with Gasteiger partial charge in [-0.25, -0.2) is 0 Å². The summed E-state index contributed by atoms with van der Waals surface area (Å²) in [5, 5.41) is 11.7. The number of nitrogens with zero attached hydrogens (tertiary/aromatic N) is 2. The first kappa shape index (κ1) is 27.5. The van der Waals surface area contributed by atoms with Crippen molar-refractivity contribution in [1.82, 2.24) is 20.4 Å². The Bertz CT molecular complexity index is 1150. The van der Waals surface area contributed by atoms with Gasteiger partial charge in [-0.15, -0.1) is 12.4 Å². The highest BCUT2D eigenvalue weighted by Crippen LogP contribution is 2.55. The van der Waals surface area contributed by atoms with E-state index in [9.17, 15) is 18.0 Å². The SMILES string of the molecule is CC(C)(C)n1ccc(C2C[C@@H](C(=O)NC34CC5CC(CC(C5)C3)C4)N[C@H]2c2cccc(C(F)(F)F)c2)n1.Cl. The molecule has 2 heterocycles. The van der Waals surface area contributed by atoms with Crippen LogP contribution < -0.4 is 10.6 Å². The molecule has 1 aromatic carbocycles. The predicted octanol–water partition coefficient (Wildman–Crippen LogP) is 6.35. The van der Waals surface area contributed by atoms with Gasteiger partial charge < -0.3 is 5.32 Å². The normalized spacial score (nSPS) is 34.3. The van der Waals surface area contributed by atoms with E-state index in [2.05, 4.69) is 31.4 Å². The summed E-state index contributed by atoms with van der Waals surface area (Å²) in [4.78, 5) is 13.7. The number of halogens is 4. The molecule has 1 saturated heterocycles. The number of carbonyl (C=O) groups is 1. The number of amides is 1. The van der Waals surface area contributed by atoms with Gasteiger partial charge in [0, 0.05) is 23.7 Å². The summed E-state index contributed by atoms with van der Waals surface area (Å²) >= 11 is 0. The lowest BCUT2D eigenvalue weighted by atomic mass is 9.53. The molecule has 4 saturated carbocycles. The molecule has 3 atom stereocenters. The number of hydrogen-bond acceptors (Lipinski definition) is 3. The average molecular weight is 551 g/mol. The molecule has 0 spiro atoms. The quantitative estimate of drug-likeness (QED) is 0.466. The van der Waals surface area contributed by atoms with E-state index in [1.54, 1.807) is 6.07 Å². The number of carbonyl (C=O) groups excluding carboxylic acids is 1. The fourth-order valence-corrected chi connectivity index (χ4v) is 8.02. The number of alkyl halides is 3. The first-order valence-corrected chi connectivity index (χ1v) is 13.7. The summed E-state index contributed by atoms with van der Waals surface area (Å²) < 4.78 is 42.5. The second-order valence-corrected chi connectivity index (χ2v) is 13.2. The van der Waals surface area contributed by atoms with Gasteiger partial charge >= 0.3 is 6.18 Å². The van der Waals surface area contributed by atoms with Gasteiger partial charge in [-0.2, -0.15) is 18.3 Å². The molecule has 2 N–H and O–H groups in total. The summed E-state index contributed by atoms with van der Waals surface area (Å²) in [5.41, 5.74) is 0.341. The van der Waals surface area contributed by atoms with Crippen molar-refractivity contribution in [2.24, 2.45) is 17.8 Å². The van der Waals surface area contributed by atoms with Crippen LogP contribution in [0.4, 0.5) is 13.2 Å². The third-order valence-electron chi connectivity index (χ3n) is 9.27. The maximum absolute atomic E-state index is 13.7. The molecule has 7 rings (SSSR count). The van der Waals surface area contributed by atoms with E-state index in [0.717, 1.165) is 48.8 Å². The predicted molar refractivity (Wildman–Crippen MR) is 142 cm³/mol. The minimum Gasteiger partial charge on any atom is -0.349 e. The Hall–Kier alpha value is -2.06. The Labute approximate surface area is 228 Å². The molecule has 4 bridgehead atoms. The van der Waals surface area contributed by atoms with E-state index >= 15 is 0 Å². The van der Waals surface area contributed by atoms with Gasteiger partial charge in [-0.3, -0.25) is 14.8 Å². The van der Waals surface area contributed by atoms with Gasteiger partial charge in [0.1, 0.15) is 0 Å². The van der Waals surface area contributed by atoms with Gasteiger partial charge in [-0.1, -0.05) is 12.1 Å². The summed E-state index contributed by atoms with van der Waals surface area (Å²) in [5.74, 6) is 1.93. The van der Waals surface area contributed by atoms with Crippen LogP contribution in [0, 0.1) is 17.8 Å². The van der Waals surface area contributed by atoms with Gasteiger partial charge in [0.2, 0.25) is 5.91 Å². The topological polar surface area (TPSA) is 59.0 Å². The van der Waals surface area contributed by atoms with Crippen LogP contribution in [0.2, 0.25) is 0 Å². The van der Waals surface area contributed by atoms with E-state index in [1.807, 2.05) is 16.9 Å². The molecule has 1 amide bonds. The molecule has 9 heteroatoms. The van der Waals surface area contributed by atoms with E-state index < -0.39 is 23.8 Å². The highest BCUT2D eigenvalue weighted by atomic mass is 35.5. The van der Waals surface area contributed by atoms with E-state index in [0.29, 0.717) is 12.0 Å². The molecule has 2 aromatic rings. The highest BCUT2D eigenvalue weighted by Gasteiger charge is 2.52. The third-order valence-corrected chi connectivity index (χ3v) is 9.27. The second-order valence-electron chi connectivity index (χ2n) is 13.2. The van der Waals surface area contributed by atoms with Crippen molar-refractivity contribution < 1.29 is 18.0 Å². The van der Waals surface area contributed by atoms with E-state index in [-0.39, 0.29) is 35.3 Å². The molecule has 1 unspecified atom stereocenters. The summed E-state index contributed by atoms with van der Waals surface area (Å²) in [6.45, 7) is 6.17. The molecule has 5 nitrogen and oxygen atoms in total. The van der Waals surface area contributed by atoms with E-state index in [4.69, 9.17) is 5.10 Å². The third kappa shape index (κ3) is 5.10. The number of nitrogens with one attached hydrogen (secondary N) is 2. The molecule has 208 valence electrons. The number of rotatable bonds is 4. The largest absolute Gasteiger partial charge is 0.416 e. The lowest BCUT2D eigenvalue weighted by molar-refractivity contribution is -0.137. The van der Waals surface area contributed by atoms with Crippen molar-refractivity contribution in [1.29, 1.82) is 0 Å². The van der Waals surface area contributed by atoms with Gasteiger partial charge in [0.05, 0.1) is 22.8 Å². The average Bonchev–Trinajstić information content (AvgIpc) is 3.45. The van der Waals surface area contributed by atoms with Crippen molar-refractivity contribution in [2.45, 2.75) is 101 Å². The minimum absolute atomic E-state index is 0. The minimum atomic E-state index is -4.42. The van der Waals surface area contributed by atoms with Crippen LogP contribution in [0.5, 0.6) is 0 Å². The fourth-order valence-electron chi connectivity index (χ4n) is 8.02. The van der Waals surface area contributed by atoms with Crippen LogP contribution in [-0.4, -0.2) is 27.3 Å². The van der Waals surface area contributed by atoms with Gasteiger partial charge in [0.15, 0.2) is 0 Å². The van der Waals surface area contributed by atoms with Crippen molar-refractivity contribution in [3.05, 3.63) is 53.3 Å². The van der Waals surface area contributed by atoms with Crippen LogP contribution in [0.25, 0.3) is 0 Å². The Kier molecular flexibility index (Phi) is 6.91. The maximum atomic E-state index is 13.7. The summed E-state index contributed by atoms with van der Waals surface area (Å²) in [6, 6.07) is 6.52. The molecule has 5 fully saturated rings. The number of hydrogen-bond donors (Lipinski definition) is 2. The Balaban J connectivity index is 0.00000294. The Morgan fingerprint density at radius 2 is 1.66 bits per heavy atom. The van der Waals surface area contributed by atoms with Gasteiger partial charge in [-0.05, 0) is 107 Å². The van der Waals surface area contributed by atoms with E-state index in [1.165, 1.54) is 31.4 Å². The first-order valence-electron chi connectivity index (χ1n) is 13.7. The monoisotopic (exact) mass is 550 g/mol. The first-order chi connectivity index (χ1) is 17.4. The second kappa shape index (κ2) is 9.54. The van der Waals surface area contributed by atoms with Crippen LogP contribution in [0.15, 0.2) is 36.5 Å². The van der Waals surface area contributed by atoms with Crippen molar-refractivity contribution in [3.8, 4) is 0 Å². The van der Waals surface area contributed by atoms with Crippen LogP contribution in [-0.2, 0) is 16.5 Å². The van der Waals surface area contributed by atoms with Gasteiger partial charge in [0.25, 0.3) is 0 Å². The number of aromatic nitrogens is 2. The Morgan fingerprint density at radius 1 is 1.03 bits per heavy atom. The van der Waals surface area contributed by atoms with Crippen molar-refractivity contribution in [2.75, 3.05) is 0 Å². The molecular formula is C29H38ClF3N4O. The molecule has 1 aliphatic heterocycles. The lowest BCUT2D eigenvalue weighted by Gasteiger charge is -2.57. The molecule has 38 heavy (non-hydrogen) atoms. The Morgan fingerprint density at radius 3 is 2.21 bits per heavy atom. The molecular weight excluding hydrogens is 513 g/mol. The zero-order valence-corrected chi connectivity index (χ0v) is 23.0. The molecule has 5 aliphatic rings.